The van der Waals surface area contributed by atoms with Crippen LogP contribution in [0.2, 0.25) is 0 Å². The molecule has 9 heteroatoms. The topological polar surface area (TPSA) is 126 Å². The molecule has 0 fully saturated rings. The minimum absolute atomic E-state index is 0.146. The Morgan fingerprint density at radius 2 is 1.92 bits per heavy atom. The summed E-state index contributed by atoms with van der Waals surface area (Å²) in [5, 5.41) is 25.0. The molecule has 5 N–H and O–H groups in total. The summed E-state index contributed by atoms with van der Waals surface area (Å²) in [7, 11) is 0. The Morgan fingerprint density at radius 1 is 1.13 bits per heavy atom. The molecule has 5 aromatic rings. The molecule has 0 amide bonds. The molecule has 1 atom stereocenters. The molecule has 0 aliphatic carbocycles. The fourth-order valence-electron chi connectivity index (χ4n) is 4.53. The van der Waals surface area contributed by atoms with Gasteiger partial charge in [0.05, 0.1) is 5.69 Å². The molecule has 2 aromatic heterocycles. The van der Waals surface area contributed by atoms with Gasteiger partial charge in [-0.2, -0.15) is 0 Å². The fraction of sp³-hybridized carbons (Fsp3) is 0.138. The lowest BCUT2D eigenvalue weighted by Gasteiger charge is -2.23. The van der Waals surface area contributed by atoms with Crippen molar-refractivity contribution >= 4 is 28.2 Å². The van der Waals surface area contributed by atoms with Crippen molar-refractivity contribution in [3.63, 3.8) is 0 Å². The van der Waals surface area contributed by atoms with E-state index in [1.165, 1.54) is 10.6 Å². The van der Waals surface area contributed by atoms with Gasteiger partial charge in [-0.3, -0.25) is 4.79 Å². The third-order valence-corrected chi connectivity index (χ3v) is 6.41. The van der Waals surface area contributed by atoms with E-state index in [0.717, 1.165) is 21.9 Å². The highest BCUT2D eigenvalue weighted by Crippen LogP contribution is 2.35. The largest absolute Gasteiger partial charge is 0.505 e. The van der Waals surface area contributed by atoms with Crippen molar-refractivity contribution in [1.82, 2.24) is 14.5 Å². The van der Waals surface area contributed by atoms with Crippen LogP contribution in [0.5, 0.6) is 5.75 Å². The number of carboxylic acid groups (broad SMARTS) is 1. The lowest BCUT2D eigenvalue weighted by Crippen LogP contribution is -2.21. The van der Waals surface area contributed by atoms with Crippen molar-refractivity contribution in [2.75, 3.05) is 11.1 Å². The van der Waals surface area contributed by atoms with Crippen molar-refractivity contribution in [2.45, 2.75) is 25.9 Å². The van der Waals surface area contributed by atoms with Crippen molar-refractivity contribution in [2.24, 2.45) is 0 Å². The highest BCUT2D eigenvalue weighted by atomic mass is 19.1. The molecular formula is C29H26FN5O3. The van der Waals surface area contributed by atoms with Crippen LogP contribution < -0.4 is 11.1 Å². The number of pyridine rings is 1. The first-order valence-electron chi connectivity index (χ1n) is 12.1. The molecule has 0 bridgehead atoms. The Labute approximate surface area is 218 Å². The number of nitrogens with two attached hydrogens (primary N) is 1. The van der Waals surface area contributed by atoms with Gasteiger partial charge in [0.15, 0.2) is 11.6 Å². The first-order valence-corrected chi connectivity index (χ1v) is 12.1. The quantitative estimate of drug-likeness (QED) is 0.220. The number of carbonyl (C=O) groups is 1. The van der Waals surface area contributed by atoms with E-state index in [0.29, 0.717) is 23.6 Å². The van der Waals surface area contributed by atoms with Gasteiger partial charge >= 0.3 is 5.97 Å². The summed E-state index contributed by atoms with van der Waals surface area (Å²) in [6.07, 6.45) is 3.81. The number of benzene rings is 3. The summed E-state index contributed by atoms with van der Waals surface area (Å²) in [5.74, 6) is -1.68. The maximum Gasteiger partial charge on any atom is 0.323 e. The van der Waals surface area contributed by atoms with Gasteiger partial charge in [0.2, 0.25) is 0 Å². The van der Waals surface area contributed by atoms with E-state index in [9.17, 15) is 15.0 Å². The Kier molecular flexibility index (Phi) is 6.66. The average molecular weight is 512 g/mol. The molecule has 0 saturated carbocycles. The second kappa shape index (κ2) is 10.2. The molecule has 8 nitrogen and oxygen atoms in total. The number of nitrogens with one attached hydrogen (secondary N) is 1. The molecule has 1 unspecified atom stereocenters. The SMILES string of the molecule is CCc1cc(O)c(F)c(C(Nc2ccc3c(N)nccc3c2)c2nc(-c3ccccc3)cn2CC(=O)O)c1. The standard InChI is InChI=1S/C29H26FN5O3/c1-2-17-12-22(26(30)24(36)13-17)27(33-20-8-9-21-19(14-20)10-11-32-28(21)31)29-34-23(15-35(29)16-25(37)38)18-6-4-3-5-7-18/h3-15,27,33,36H,2,16H2,1H3,(H2,31,32)(H,37,38). The van der Waals surface area contributed by atoms with Gasteiger partial charge in [-0.1, -0.05) is 43.3 Å². The molecule has 0 saturated heterocycles. The van der Waals surface area contributed by atoms with Gasteiger partial charge in [0.25, 0.3) is 0 Å². The van der Waals surface area contributed by atoms with Crippen LogP contribution in [0.4, 0.5) is 15.9 Å². The Hall–Kier alpha value is -4.92. The van der Waals surface area contributed by atoms with Crippen molar-refractivity contribution in [1.29, 1.82) is 0 Å². The van der Waals surface area contributed by atoms with Crippen LogP contribution in [0.15, 0.2) is 79.1 Å². The van der Waals surface area contributed by atoms with Crippen molar-refractivity contribution < 1.29 is 19.4 Å². The number of phenols is 1. The number of carboxylic acids is 1. The number of hydrogen-bond acceptors (Lipinski definition) is 6. The lowest BCUT2D eigenvalue weighted by molar-refractivity contribution is -0.137. The van der Waals surface area contributed by atoms with Crippen LogP contribution in [0.3, 0.4) is 0 Å². The maximum absolute atomic E-state index is 15.5. The molecule has 2 heterocycles. The summed E-state index contributed by atoms with van der Waals surface area (Å²) in [6, 6.07) is 18.7. The van der Waals surface area contributed by atoms with Gasteiger partial charge in [-0.15, -0.1) is 0 Å². The highest BCUT2D eigenvalue weighted by Gasteiger charge is 2.27. The molecule has 0 aliphatic rings. The third-order valence-electron chi connectivity index (χ3n) is 6.41. The molecule has 0 spiro atoms. The van der Waals surface area contributed by atoms with E-state index >= 15 is 4.39 Å². The Balaban J connectivity index is 1.70. The number of rotatable bonds is 8. The number of aliphatic carboxylic acids is 1. The van der Waals surface area contributed by atoms with E-state index in [1.54, 1.807) is 24.5 Å². The van der Waals surface area contributed by atoms with Crippen LogP contribution in [0, 0.1) is 5.82 Å². The van der Waals surface area contributed by atoms with Crippen molar-refractivity contribution in [3.05, 3.63) is 102 Å². The minimum Gasteiger partial charge on any atom is -0.505 e. The average Bonchev–Trinajstić information content (AvgIpc) is 3.32. The van der Waals surface area contributed by atoms with Crippen LogP contribution in [0.25, 0.3) is 22.0 Å². The zero-order valence-electron chi connectivity index (χ0n) is 20.6. The zero-order chi connectivity index (χ0) is 26.8. The molecule has 0 aliphatic heterocycles. The third kappa shape index (κ3) is 4.86. The number of anilines is 2. The van der Waals surface area contributed by atoms with Crippen LogP contribution in [-0.4, -0.2) is 30.7 Å². The Bertz CT molecular complexity index is 1630. The predicted molar refractivity (Wildman–Crippen MR) is 144 cm³/mol. The number of hydrogen-bond donors (Lipinski definition) is 4. The summed E-state index contributed by atoms with van der Waals surface area (Å²) in [4.78, 5) is 20.7. The monoisotopic (exact) mass is 511 g/mol. The maximum atomic E-state index is 15.5. The van der Waals surface area contributed by atoms with Gasteiger partial charge in [-0.05, 0) is 47.7 Å². The van der Waals surface area contributed by atoms with E-state index in [1.807, 2.05) is 55.5 Å². The number of aryl methyl sites for hydroxylation is 1. The molecular weight excluding hydrogens is 485 g/mol. The molecule has 5 rings (SSSR count). The zero-order valence-corrected chi connectivity index (χ0v) is 20.6. The number of phenolic OH excluding ortho intramolecular Hbond substituents is 1. The number of fused-ring (bicyclic) bond motifs is 1. The Morgan fingerprint density at radius 3 is 2.66 bits per heavy atom. The summed E-state index contributed by atoms with van der Waals surface area (Å²) in [5.41, 5.74) is 8.83. The van der Waals surface area contributed by atoms with Gasteiger partial charge in [-0.25, -0.2) is 14.4 Å². The van der Waals surface area contributed by atoms with Gasteiger partial charge in [0, 0.05) is 34.6 Å². The highest BCUT2D eigenvalue weighted by molar-refractivity contribution is 5.93. The first kappa shape index (κ1) is 24.8. The summed E-state index contributed by atoms with van der Waals surface area (Å²) in [6.45, 7) is 1.52. The number of aromatic nitrogens is 3. The minimum atomic E-state index is -1.07. The normalized spacial score (nSPS) is 11.9. The predicted octanol–water partition coefficient (Wildman–Crippen LogP) is 5.37. The summed E-state index contributed by atoms with van der Waals surface area (Å²) < 4.78 is 17.0. The molecule has 3 aromatic carbocycles. The fourth-order valence-corrected chi connectivity index (χ4v) is 4.53. The molecule has 0 radical (unpaired) electrons. The molecule has 192 valence electrons. The smallest absolute Gasteiger partial charge is 0.323 e. The van der Waals surface area contributed by atoms with Gasteiger partial charge in [0.1, 0.15) is 24.2 Å². The number of aromatic hydroxyl groups is 1. The van der Waals surface area contributed by atoms with E-state index in [-0.39, 0.29) is 17.9 Å². The number of nitrogen functional groups attached to an aromatic ring is 1. The van der Waals surface area contributed by atoms with Crippen LogP contribution in [0.1, 0.15) is 29.9 Å². The number of halogens is 1. The molecule has 38 heavy (non-hydrogen) atoms. The van der Waals surface area contributed by atoms with Crippen molar-refractivity contribution in [3.8, 4) is 17.0 Å². The van der Waals surface area contributed by atoms with E-state index < -0.39 is 23.6 Å². The van der Waals surface area contributed by atoms with Crippen LogP contribution >= 0.6 is 0 Å². The van der Waals surface area contributed by atoms with Crippen LogP contribution in [-0.2, 0) is 17.8 Å². The number of nitrogens with zero attached hydrogens (tertiary/aromatic N) is 3. The lowest BCUT2D eigenvalue weighted by atomic mass is 9.99. The first-order chi connectivity index (χ1) is 18.3. The number of imidazole rings is 1. The van der Waals surface area contributed by atoms with E-state index in [2.05, 4.69) is 10.3 Å². The second-order valence-electron chi connectivity index (χ2n) is 8.95. The second-order valence-corrected chi connectivity index (χ2v) is 8.95. The van der Waals surface area contributed by atoms with E-state index in [4.69, 9.17) is 10.7 Å². The van der Waals surface area contributed by atoms with Gasteiger partial charge < -0.3 is 25.8 Å². The summed E-state index contributed by atoms with van der Waals surface area (Å²) >= 11 is 0.